The van der Waals surface area contributed by atoms with E-state index in [0.29, 0.717) is 38.4 Å². The maximum absolute atomic E-state index is 14.1. The highest BCUT2D eigenvalue weighted by Gasteiger charge is 2.53. The van der Waals surface area contributed by atoms with E-state index in [1.54, 1.807) is 4.90 Å². The normalized spacial score (nSPS) is 20.4. The maximum atomic E-state index is 14.1. The van der Waals surface area contributed by atoms with Crippen molar-refractivity contribution in [2.75, 3.05) is 40.5 Å². The molecular weight excluding hydrogens is 791 g/mol. The van der Waals surface area contributed by atoms with Gasteiger partial charge in [-0.3, -0.25) is 14.6 Å². The molecule has 0 aliphatic carbocycles. The van der Waals surface area contributed by atoms with Gasteiger partial charge in [0.25, 0.3) is 0 Å². The molecule has 4 atom stereocenters. The Morgan fingerprint density at radius 1 is 0.790 bits per heavy atom. The molecule has 0 radical (unpaired) electrons. The second kappa shape index (κ2) is 16.3. The zero-order valence-corrected chi connectivity index (χ0v) is 35.9. The minimum absolute atomic E-state index is 0.101. The number of aromatic nitrogens is 2. The lowest BCUT2D eigenvalue weighted by molar-refractivity contribution is -0.153. The number of rotatable bonds is 9. The van der Waals surface area contributed by atoms with E-state index in [9.17, 15) is 19.2 Å². The molecule has 9 rings (SSSR count). The number of H-pyrrole nitrogens is 1. The first-order valence-electron chi connectivity index (χ1n) is 21.5. The number of nitrogens with one attached hydrogen (secondary N) is 3. The highest BCUT2D eigenvalue weighted by molar-refractivity contribution is 6.07. The van der Waals surface area contributed by atoms with Crippen LogP contribution >= 0.6 is 0 Å². The maximum Gasteiger partial charge on any atom is 0.407 e. The van der Waals surface area contributed by atoms with Crippen molar-refractivity contribution >= 4 is 68.0 Å². The van der Waals surface area contributed by atoms with Crippen LogP contribution in [0.5, 0.6) is 0 Å². The lowest BCUT2D eigenvalue weighted by Gasteiger charge is -2.30. The van der Waals surface area contributed by atoms with Gasteiger partial charge in [0.05, 0.1) is 62.8 Å². The van der Waals surface area contributed by atoms with E-state index >= 15 is 0 Å². The van der Waals surface area contributed by atoms with Crippen LogP contribution in [0.4, 0.5) is 15.3 Å². The largest absolute Gasteiger partial charge is 0.453 e. The Hall–Kier alpha value is -6.06. The Morgan fingerprint density at radius 2 is 1.40 bits per heavy atom. The number of methoxy groups -OCH3 is 2. The smallest absolute Gasteiger partial charge is 0.407 e. The van der Waals surface area contributed by atoms with Crippen LogP contribution in [-0.2, 0) is 35.0 Å². The molecule has 4 aliphatic rings. The van der Waals surface area contributed by atoms with Gasteiger partial charge in [-0.05, 0) is 81.8 Å². The first kappa shape index (κ1) is 41.3. The van der Waals surface area contributed by atoms with Crippen molar-refractivity contribution in [1.82, 2.24) is 30.4 Å². The van der Waals surface area contributed by atoms with Crippen LogP contribution in [0.1, 0.15) is 64.4 Å². The molecule has 4 aliphatic heterocycles. The lowest BCUT2D eigenvalue weighted by Crippen LogP contribution is -2.53. The molecule has 5 aromatic rings. The van der Waals surface area contributed by atoms with E-state index in [2.05, 4.69) is 70.2 Å². The number of aliphatic imine (C=N–C) groups is 1. The molecule has 1 spiro atoms. The molecule has 5 heterocycles. The summed E-state index contributed by atoms with van der Waals surface area (Å²) < 4.78 is 21.8. The molecule has 0 saturated carbocycles. The average molecular weight is 844 g/mol. The second-order valence-electron chi connectivity index (χ2n) is 17.5. The molecule has 4 aromatic carbocycles. The van der Waals surface area contributed by atoms with Gasteiger partial charge in [-0.2, -0.15) is 0 Å². The van der Waals surface area contributed by atoms with Gasteiger partial charge < -0.3 is 44.4 Å². The minimum atomic E-state index is -0.946. The summed E-state index contributed by atoms with van der Waals surface area (Å²) in [7, 11) is 2.58. The van der Waals surface area contributed by atoms with Crippen LogP contribution in [0, 0.1) is 11.8 Å². The van der Waals surface area contributed by atoms with Gasteiger partial charge in [-0.1, -0.05) is 64.1 Å². The molecule has 15 nitrogen and oxygen atoms in total. The monoisotopic (exact) mass is 843 g/mol. The first-order chi connectivity index (χ1) is 29.9. The predicted octanol–water partition coefficient (Wildman–Crippen LogP) is 6.93. The third kappa shape index (κ3) is 7.40. The van der Waals surface area contributed by atoms with Crippen LogP contribution in [0.3, 0.4) is 0 Å². The standard InChI is InChI=1S/C47H53N7O8/c1-25(2)39(51-45(57)59-5)43(55)53-17-7-8-37(53)36-22-33-31-13-9-27(20-29(31)11-15-34(33)48-36)28-10-14-32-30(21-28)12-16-35-41(32)50-42(49-35)38-23-47(61-18-19-62-47)24-54(38)44(56)40(26(3)4)52-46(58)60-6/h9-16,20-21,25-26,37-40H,7-8,17-19,22-24H2,1-6H3,(H,49,50)(H,51,57)(H,52,58)/t37-,38-,39-,40-/m0/s1. The number of hydrogen-bond donors (Lipinski definition) is 3. The van der Waals surface area contributed by atoms with Gasteiger partial charge in [0, 0.05) is 30.5 Å². The third-order valence-electron chi connectivity index (χ3n) is 13.0. The number of benzene rings is 4. The number of fused-ring (bicyclic) bond motifs is 6. The molecule has 3 saturated heterocycles. The van der Waals surface area contributed by atoms with E-state index in [0.717, 1.165) is 73.5 Å². The number of alkyl carbamates (subject to hydrolysis) is 2. The number of carbonyl (C=O) groups is 4. The summed E-state index contributed by atoms with van der Waals surface area (Å²) in [6.45, 7) is 9.31. The summed E-state index contributed by atoms with van der Waals surface area (Å²) in [5.41, 5.74) is 6.86. The number of imidazole rings is 1. The number of aromatic amines is 1. The van der Waals surface area contributed by atoms with E-state index in [-0.39, 0.29) is 36.2 Å². The highest BCUT2D eigenvalue weighted by Crippen LogP contribution is 2.44. The highest BCUT2D eigenvalue weighted by atomic mass is 16.7. The predicted molar refractivity (Wildman–Crippen MR) is 234 cm³/mol. The Morgan fingerprint density at radius 3 is 2.05 bits per heavy atom. The summed E-state index contributed by atoms with van der Waals surface area (Å²) in [6.07, 6.45) is 1.48. The molecule has 324 valence electrons. The Bertz CT molecular complexity index is 2630. The molecule has 4 amide bonds. The van der Waals surface area contributed by atoms with E-state index in [1.807, 2.05) is 38.7 Å². The van der Waals surface area contributed by atoms with Crippen molar-refractivity contribution in [3.05, 3.63) is 72.1 Å². The number of likely N-dealkylation sites (tertiary alicyclic amines) is 2. The van der Waals surface area contributed by atoms with Crippen molar-refractivity contribution in [1.29, 1.82) is 0 Å². The van der Waals surface area contributed by atoms with Crippen molar-refractivity contribution in [3.63, 3.8) is 0 Å². The number of amides is 4. The van der Waals surface area contributed by atoms with Gasteiger partial charge in [-0.15, -0.1) is 0 Å². The quantitative estimate of drug-likeness (QED) is 0.142. The van der Waals surface area contributed by atoms with Crippen LogP contribution in [-0.4, -0.2) is 114 Å². The minimum Gasteiger partial charge on any atom is -0.453 e. The van der Waals surface area contributed by atoms with Crippen LogP contribution in [0.15, 0.2) is 65.7 Å². The van der Waals surface area contributed by atoms with E-state index < -0.39 is 36.1 Å². The summed E-state index contributed by atoms with van der Waals surface area (Å²) in [6, 6.07) is 19.1. The van der Waals surface area contributed by atoms with Crippen LogP contribution in [0.2, 0.25) is 0 Å². The number of carbonyl (C=O) groups excluding carboxylic acids is 4. The summed E-state index contributed by atoms with van der Waals surface area (Å²) >= 11 is 0. The Labute approximate surface area is 359 Å². The molecule has 0 bridgehead atoms. The van der Waals surface area contributed by atoms with Crippen molar-refractivity contribution in [2.24, 2.45) is 16.8 Å². The summed E-state index contributed by atoms with van der Waals surface area (Å²) in [4.78, 5) is 69.5. The first-order valence-corrected chi connectivity index (χ1v) is 21.5. The molecule has 1 aromatic heterocycles. The van der Waals surface area contributed by atoms with Gasteiger partial charge in [0.1, 0.15) is 17.9 Å². The van der Waals surface area contributed by atoms with Crippen molar-refractivity contribution in [3.8, 4) is 11.1 Å². The van der Waals surface area contributed by atoms with Gasteiger partial charge in [0.15, 0.2) is 5.79 Å². The molecule has 0 unspecified atom stereocenters. The number of hydrogen-bond acceptors (Lipinski definition) is 10. The fraction of sp³-hybridized carbons (Fsp3) is 0.447. The lowest BCUT2D eigenvalue weighted by atomic mass is 9.94. The average Bonchev–Trinajstić information content (AvgIpc) is 4.13. The Balaban J connectivity index is 0.962. The summed E-state index contributed by atoms with van der Waals surface area (Å²) in [5.74, 6) is -0.982. The number of nitrogens with zero attached hydrogens (tertiary/aromatic N) is 4. The zero-order valence-electron chi connectivity index (χ0n) is 35.9. The van der Waals surface area contributed by atoms with Gasteiger partial charge in [-0.25, -0.2) is 14.6 Å². The molecule has 3 fully saturated rings. The fourth-order valence-electron chi connectivity index (χ4n) is 9.73. The van der Waals surface area contributed by atoms with E-state index in [1.165, 1.54) is 14.2 Å². The van der Waals surface area contributed by atoms with Gasteiger partial charge >= 0.3 is 12.2 Å². The third-order valence-corrected chi connectivity index (χ3v) is 13.0. The van der Waals surface area contributed by atoms with E-state index in [4.69, 9.17) is 28.9 Å². The Kier molecular flexibility index (Phi) is 10.9. The van der Waals surface area contributed by atoms with Crippen molar-refractivity contribution < 1.29 is 38.1 Å². The molecular formula is C47H53N7O8. The number of ether oxygens (including phenoxy) is 4. The zero-order chi connectivity index (χ0) is 43.4. The summed E-state index contributed by atoms with van der Waals surface area (Å²) in [5, 5.41) is 9.70. The molecule has 15 heteroatoms. The van der Waals surface area contributed by atoms with Crippen LogP contribution < -0.4 is 10.6 Å². The molecule has 3 N–H and O–H groups in total. The van der Waals surface area contributed by atoms with Crippen LogP contribution in [0.25, 0.3) is 43.7 Å². The second-order valence-corrected chi connectivity index (χ2v) is 17.5. The van der Waals surface area contributed by atoms with Crippen molar-refractivity contribution in [2.45, 2.75) is 83.3 Å². The SMILES string of the molecule is COC(=O)N[C@H](C(=O)N1CCC[C@H]1C1=Nc2ccc3cc(-c4ccc5c(ccc6[nH]c([C@@H]7CC8(CN7C(=O)[C@@H](NC(=O)OC)C(C)C)OCCO8)nc65)c4)ccc3c2C1)C(C)C. The van der Waals surface area contributed by atoms with Gasteiger partial charge in [0.2, 0.25) is 11.8 Å². The fourth-order valence-corrected chi connectivity index (χ4v) is 9.73. The molecule has 62 heavy (non-hydrogen) atoms. The topological polar surface area (TPSA) is 177 Å².